The number of anilines is 1. The summed E-state index contributed by atoms with van der Waals surface area (Å²) in [6.45, 7) is 11.8. The SMILES string of the molecule is Cc1cc(N(C(=O)OC(C)(C)C)C(=O)OC(C)(C)C)c(Br)c(C#N)n1. The topological polar surface area (TPSA) is 92.5 Å². The second-order valence-electron chi connectivity index (χ2n) is 7.35. The highest BCUT2D eigenvalue weighted by Gasteiger charge is 2.34. The van der Waals surface area contributed by atoms with Gasteiger partial charge in [-0.05, 0) is 70.5 Å². The third-order valence-electron chi connectivity index (χ3n) is 2.57. The molecule has 8 heteroatoms. The third kappa shape index (κ3) is 6.02. The molecule has 0 spiro atoms. The van der Waals surface area contributed by atoms with Crippen molar-refractivity contribution in [1.29, 1.82) is 5.26 Å². The van der Waals surface area contributed by atoms with Gasteiger partial charge in [-0.3, -0.25) is 0 Å². The fourth-order valence-corrected chi connectivity index (χ4v) is 2.23. The Labute approximate surface area is 156 Å². The first-order chi connectivity index (χ1) is 11.2. The minimum absolute atomic E-state index is 0.0483. The molecule has 0 unspecified atom stereocenters. The van der Waals surface area contributed by atoms with Crippen LogP contribution in [0.15, 0.2) is 10.5 Å². The number of aryl methyl sites for hydroxylation is 1. The van der Waals surface area contributed by atoms with E-state index in [2.05, 4.69) is 20.9 Å². The van der Waals surface area contributed by atoms with Crippen LogP contribution < -0.4 is 4.90 Å². The molecule has 1 aromatic rings. The second kappa shape index (κ2) is 7.40. The van der Waals surface area contributed by atoms with E-state index in [9.17, 15) is 14.9 Å². The summed E-state index contributed by atoms with van der Waals surface area (Å²) in [5, 5.41) is 9.21. The highest BCUT2D eigenvalue weighted by atomic mass is 79.9. The molecule has 0 saturated heterocycles. The molecule has 0 atom stereocenters. The van der Waals surface area contributed by atoms with Gasteiger partial charge < -0.3 is 9.47 Å². The summed E-state index contributed by atoms with van der Waals surface area (Å²) < 4.78 is 10.8. The van der Waals surface area contributed by atoms with Crippen molar-refractivity contribution in [3.8, 4) is 6.07 Å². The number of amides is 2. The molecule has 0 aromatic carbocycles. The van der Waals surface area contributed by atoms with Gasteiger partial charge in [-0.1, -0.05) is 0 Å². The summed E-state index contributed by atoms with van der Waals surface area (Å²) in [6.07, 6.45) is -1.81. The largest absolute Gasteiger partial charge is 0.443 e. The van der Waals surface area contributed by atoms with Gasteiger partial charge in [0, 0.05) is 5.69 Å². The van der Waals surface area contributed by atoms with E-state index in [-0.39, 0.29) is 15.9 Å². The average molecular weight is 412 g/mol. The van der Waals surface area contributed by atoms with Gasteiger partial charge in [0.1, 0.15) is 17.3 Å². The molecule has 136 valence electrons. The Morgan fingerprint density at radius 2 is 1.56 bits per heavy atom. The van der Waals surface area contributed by atoms with Crippen molar-refractivity contribution in [2.75, 3.05) is 4.90 Å². The Hall–Kier alpha value is -2.14. The molecule has 25 heavy (non-hydrogen) atoms. The summed E-state index contributed by atoms with van der Waals surface area (Å²) in [4.78, 5) is 30.1. The van der Waals surface area contributed by atoms with Crippen LogP contribution in [0.25, 0.3) is 0 Å². The number of pyridine rings is 1. The highest BCUT2D eigenvalue weighted by Crippen LogP contribution is 2.31. The fourth-order valence-electron chi connectivity index (χ4n) is 1.76. The van der Waals surface area contributed by atoms with Crippen LogP contribution in [0, 0.1) is 18.3 Å². The Balaban J connectivity index is 3.47. The van der Waals surface area contributed by atoms with Crippen LogP contribution in [0.3, 0.4) is 0 Å². The zero-order chi connectivity index (χ0) is 19.6. The van der Waals surface area contributed by atoms with E-state index in [0.717, 1.165) is 4.90 Å². The molecule has 7 nitrogen and oxygen atoms in total. The molecule has 0 bridgehead atoms. The van der Waals surface area contributed by atoms with Crippen LogP contribution in [0.1, 0.15) is 52.9 Å². The minimum atomic E-state index is -0.906. The van der Waals surface area contributed by atoms with Crippen LogP contribution in [0.4, 0.5) is 15.3 Å². The lowest BCUT2D eigenvalue weighted by atomic mass is 10.2. The number of carbonyl (C=O) groups is 2. The number of nitriles is 1. The van der Waals surface area contributed by atoms with Crippen LogP contribution >= 0.6 is 15.9 Å². The van der Waals surface area contributed by atoms with Crippen LogP contribution in [-0.4, -0.2) is 28.4 Å². The van der Waals surface area contributed by atoms with Crippen LogP contribution in [0.5, 0.6) is 0 Å². The lowest BCUT2D eigenvalue weighted by Crippen LogP contribution is -2.44. The molecule has 0 N–H and O–H groups in total. The number of hydrogen-bond acceptors (Lipinski definition) is 6. The molecular formula is C17H22BrN3O4. The van der Waals surface area contributed by atoms with Crippen molar-refractivity contribution in [1.82, 2.24) is 4.98 Å². The summed E-state index contributed by atoms with van der Waals surface area (Å²) in [5.41, 5.74) is -0.986. The van der Waals surface area contributed by atoms with Crippen LogP contribution in [0.2, 0.25) is 0 Å². The van der Waals surface area contributed by atoms with Crippen LogP contribution in [-0.2, 0) is 9.47 Å². The number of nitrogens with zero attached hydrogens (tertiary/aromatic N) is 3. The predicted octanol–water partition coefficient (Wildman–Crippen LogP) is 4.70. The summed E-state index contributed by atoms with van der Waals surface area (Å²) in [7, 11) is 0. The van der Waals surface area contributed by atoms with Gasteiger partial charge in [-0.15, -0.1) is 0 Å². The molecule has 0 aliphatic heterocycles. The number of carbonyl (C=O) groups excluding carboxylic acids is 2. The van der Waals surface area contributed by atoms with Gasteiger partial charge in [0.2, 0.25) is 0 Å². The fraction of sp³-hybridized carbons (Fsp3) is 0.529. The van der Waals surface area contributed by atoms with Gasteiger partial charge >= 0.3 is 12.2 Å². The molecule has 1 heterocycles. The van der Waals surface area contributed by atoms with Gasteiger partial charge in [0.05, 0.1) is 10.2 Å². The molecular weight excluding hydrogens is 390 g/mol. The monoisotopic (exact) mass is 411 g/mol. The summed E-state index contributed by atoms with van der Waals surface area (Å²) in [5.74, 6) is 0. The molecule has 0 radical (unpaired) electrons. The molecule has 0 saturated carbocycles. The lowest BCUT2D eigenvalue weighted by Gasteiger charge is -2.29. The maximum absolute atomic E-state index is 12.6. The molecule has 0 fully saturated rings. The number of halogens is 1. The molecule has 0 aliphatic carbocycles. The Kier molecular flexibility index (Phi) is 6.19. The van der Waals surface area contributed by atoms with E-state index in [0.29, 0.717) is 5.69 Å². The highest BCUT2D eigenvalue weighted by molar-refractivity contribution is 9.10. The molecule has 1 rings (SSSR count). The average Bonchev–Trinajstić information content (AvgIpc) is 2.38. The number of rotatable bonds is 1. The zero-order valence-electron chi connectivity index (χ0n) is 15.4. The van der Waals surface area contributed by atoms with E-state index in [1.54, 1.807) is 48.5 Å². The van der Waals surface area contributed by atoms with E-state index in [1.807, 2.05) is 6.07 Å². The third-order valence-corrected chi connectivity index (χ3v) is 3.35. The second-order valence-corrected chi connectivity index (χ2v) is 8.15. The molecule has 2 amide bonds. The van der Waals surface area contributed by atoms with Gasteiger partial charge in [0.25, 0.3) is 0 Å². The number of aromatic nitrogens is 1. The van der Waals surface area contributed by atoms with Crippen molar-refractivity contribution >= 4 is 33.8 Å². The Bertz CT molecular complexity index is 699. The van der Waals surface area contributed by atoms with Gasteiger partial charge in [-0.2, -0.15) is 10.2 Å². The first-order valence-electron chi connectivity index (χ1n) is 7.58. The quantitative estimate of drug-likeness (QED) is 0.664. The van der Waals surface area contributed by atoms with E-state index in [4.69, 9.17) is 9.47 Å². The van der Waals surface area contributed by atoms with Gasteiger partial charge in [0.15, 0.2) is 5.69 Å². The molecule has 1 aromatic heterocycles. The van der Waals surface area contributed by atoms with Gasteiger partial charge in [-0.25, -0.2) is 14.6 Å². The first-order valence-corrected chi connectivity index (χ1v) is 8.38. The zero-order valence-corrected chi connectivity index (χ0v) is 17.0. The van der Waals surface area contributed by atoms with Crippen molar-refractivity contribution in [2.45, 2.75) is 59.7 Å². The lowest BCUT2D eigenvalue weighted by molar-refractivity contribution is 0.0430. The standard InChI is InChI=1S/C17H22BrN3O4/c1-10-8-12(13(18)11(9-19)20-10)21(14(22)24-16(2,3)4)15(23)25-17(5,6)7/h8H,1-7H3. The van der Waals surface area contributed by atoms with E-state index >= 15 is 0 Å². The van der Waals surface area contributed by atoms with Crippen molar-refractivity contribution in [2.24, 2.45) is 0 Å². The Morgan fingerprint density at radius 1 is 1.12 bits per heavy atom. The predicted molar refractivity (Wildman–Crippen MR) is 96.3 cm³/mol. The smallest absolute Gasteiger partial charge is 0.424 e. The Morgan fingerprint density at radius 3 is 1.92 bits per heavy atom. The number of imide groups is 1. The number of hydrogen-bond donors (Lipinski definition) is 0. The maximum Gasteiger partial charge on any atom is 0.424 e. The van der Waals surface area contributed by atoms with E-state index < -0.39 is 23.4 Å². The maximum atomic E-state index is 12.6. The summed E-state index contributed by atoms with van der Waals surface area (Å²) >= 11 is 3.23. The summed E-state index contributed by atoms with van der Waals surface area (Å²) in [6, 6.07) is 3.42. The van der Waals surface area contributed by atoms with Crippen molar-refractivity contribution in [3.63, 3.8) is 0 Å². The first kappa shape index (κ1) is 20.9. The van der Waals surface area contributed by atoms with Crippen molar-refractivity contribution < 1.29 is 19.1 Å². The normalized spacial score (nSPS) is 11.5. The van der Waals surface area contributed by atoms with E-state index in [1.165, 1.54) is 6.07 Å². The van der Waals surface area contributed by atoms with Crippen molar-refractivity contribution in [3.05, 3.63) is 21.9 Å². The number of ether oxygens (including phenoxy) is 2. The molecule has 0 aliphatic rings. The minimum Gasteiger partial charge on any atom is -0.443 e.